The van der Waals surface area contributed by atoms with Crippen molar-refractivity contribution in [1.29, 1.82) is 0 Å². The van der Waals surface area contributed by atoms with E-state index in [1.165, 1.54) is 14.0 Å². The number of halogens is 1. The van der Waals surface area contributed by atoms with E-state index in [0.29, 0.717) is 28.6 Å². The van der Waals surface area contributed by atoms with Gasteiger partial charge in [-0.1, -0.05) is 16.8 Å². The fourth-order valence-corrected chi connectivity index (χ4v) is 2.71. The Hall–Kier alpha value is -2.54. The van der Waals surface area contributed by atoms with Crippen LogP contribution in [0.15, 0.2) is 16.7 Å². The number of anilines is 1. The van der Waals surface area contributed by atoms with Gasteiger partial charge in [-0.25, -0.2) is 0 Å². The summed E-state index contributed by atoms with van der Waals surface area (Å²) in [4.78, 5) is 24.4. The van der Waals surface area contributed by atoms with Crippen molar-refractivity contribution in [2.24, 2.45) is 0 Å². The second-order valence-corrected chi connectivity index (χ2v) is 6.63. The molecule has 0 saturated carbocycles. The maximum absolute atomic E-state index is 12.4. The third kappa shape index (κ3) is 5.23. The third-order valence-corrected chi connectivity index (χ3v) is 4.58. The van der Waals surface area contributed by atoms with Crippen molar-refractivity contribution in [1.82, 2.24) is 5.16 Å². The van der Waals surface area contributed by atoms with Crippen LogP contribution in [0.5, 0.6) is 5.75 Å². The van der Waals surface area contributed by atoms with Gasteiger partial charge in [-0.15, -0.1) is 0 Å². The van der Waals surface area contributed by atoms with Crippen molar-refractivity contribution in [3.8, 4) is 5.75 Å². The van der Waals surface area contributed by atoms with Crippen LogP contribution in [0, 0.1) is 20.8 Å². The van der Waals surface area contributed by atoms with Crippen molar-refractivity contribution in [3.63, 3.8) is 0 Å². The molecule has 0 bridgehead atoms. The van der Waals surface area contributed by atoms with Gasteiger partial charge in [0.05, 0.1) is 18.5 Å². The molecule has 1 aromatic carbocycles. The second kappa shape index (κ2) is 8.90. The quantitative estimate of drug-likeness (QED) is 0.719. The van der Waals surface area contributed by atoms with Gasteiger partial charge in [0.1, 0.15) is 11.5 Å². The molecule has 1 amide bonds. The molecule has 0 unspecified atom stereocenters. The Balaban J connectivity index is 1.93. The summed E-state index contributed by atoms with van der Waals surface area (Å²) in [5.74, 6) is 0.171. The van der Waals surface area contributed by atoms with Gasteiger partial charge in [0.15, 0.2) is 6.10 Å². The second-order valence-electron chi connectivity index (χ2n) is 6.23. The van der Waals surface area contributed by atoms with Crippen LogP contribution in [-0.2, 0) is 20.7 Å². The summed E-state index contributed by atoms with van der Waals surface area (Å²) in [5, 5.41) is 7.08. The van der Waals surface area contributed by atoms with E-state index in [0.717, 1.165) is 16.8 Å². The van der Waals surface area contributed by atoms with Crippen molar-refractivity contribution < 1.29 is 23.6 Å². The minimum Gasteiger partial charge on any atom is -0.495 e. The van der Waals surface area contributed by atoms with Crippen LogP contribution in [0.25, 0.3) is 0 Å². The molecule has 0 spiro atoms. The summed E-state index contributed by atoms with van der Waals surface area (Å²) < 4.78 is 15.5. The molecular formula is C19H23ClN2O5. The van der Waals surface area contributed by atoms with Crippen LogP contribution in [0.2, 0.25) is 5.02 Å². The first-order valence-electron chi connectivity index (χ1n) is 8.49. The fraction of sp³-hybridized carbons (Fsp3) is 0.421. The summed E-state index contributed by atoms with van der Waals surface area (Å²) >= 11 is 6.06. The normalized spacial score (nSPS) is 11.8. The number of carbonyl (C=O) groups excluding carboxylic acids is 2. The average Bonchev–Trinajstić information content (AvgIpc) is 2.94. The van der Waals surface area contributed by atoms with Crippen LogP contribution in [0.3, 0.4) is 0 Å². The number of amides is 1. The smallest absolute Gasteiger partial charge is 0.306 e. The molecule has 1 atom stereocenters. The standard InChI is InChI=1S/C19H23ClN2O5/c1-10-8-16(17(25-5)9-15(10)20)21-19(24)13(4)26-18(23)7-6-14-11(2)22-27-12(14)3/h8-9,13H,6-7H2,1-5H3,(H,21,24)/t13-/m1/s1. The predicted octanol–water partition coefficient (Wildman–Crippen LogP) is 3.76. The Morgan fingerprint density at radius 2 is 2.00 bits per heavy atom. The molecule has 7 nitrogen and oxygen atoms in total. The van der Waals surface area contributed by atoms with Crippen molar-refractivity contribution >= 4 is 29.2 Å². The highest BCUT2D eigenvalue weighted by atomic mass is 35.5. The molecular weight excluding hydrogens is 372 g/mol. The number of esters is 1. The maximum Gasteiger partial charge on any atom is 0.306 e. The summed E-state index contributed by atoms with van der Waals surface area (Å²) in [6.45, 7) is 6.93. The molecule has 1 aromatic heterocycles. The first-order valence-corrected chi connectivity index (χ1v) is 8.87. The first kappa shape index (κ1) is 20.8. The largest absolute Gasteiger partial charge is 0.495 e. The highest BCUT2D eigenvalue weighted by molar-refractivity contribution is 6.31. The molecule has 146 valence electrons. The van der Waals surface area contributed by atoms with Gasteiger partial charge in [-0.2, -0.15) is 0 Å². The molecule has 0 fully saturated rings. The van der Waals surface area contributed by atoms with Crippen molar-refractivity contribution in [2.75, 3.05) is 12.4 Å². The molecule has 1 N–H and O–H groups in total. The molecule has 2 aromatic rings. The average molecular weight is 395 g/mol. The van der Waals surface area contributed by atoms with Gasteiger partial charge >= 0.3 is 5.97 Å². The van der Waals surface area contributed by atoms with Crippen LogP contribution in [-0.4, -0.2) is 30.2 Å². The van der Waals surface area contributed by atoms with E-state index in [2.05, 4.69) is 10.5 Å². The summed E-state index contributed by atoms with van der Waals surface area (Å²) in [6.07, 6.45) is -0.384. The van der Waals surface area contributed by atoms with E-state index in [9.17, 15) is 9.59 Å². The Bertz CT molecular complexity index is 827. The Morgan fingerprint density at radius 1 is 1.30 bits per heavy atom. The molecule has 2 rings (SSSR count). The number of benzene rings is 1. The molecule has 8 heteroatoms. The van der Waals surface area contributed by atoms with Gasteiger partial charge in [0, 0.05) is 23.1 Å². The topological polar surface area (TPSA) is 90.7 Å². The number of aryl methyl sites for hydroxylation is 3. The highest BCUT2D eigenvalue weighted by Gasteiger charge is 2.20. The van der Waals surface area contributed by atoms with E-state index < -0.39 is 18.0 Å². The van der Waals surface area contributed by atoms with Gasteiger partial charge in [-0.3, -0.25) is 9.59 Å². The number of hydrogen-bond acceptors (Lipinski definition) is 6. The summed E-state index contributed by atoms with van der Waals surface area (Å²) in [6, 6.07) is 3.32. The zero-order chi connectivity index (χ0) is 20.1. The van der Waals surface area contributed by atoms with E-state index in [1.807, 2.05) is 13.8 Å². The molecule has 27 heavy (non-hydrogen) atoms. The molecule has 0 aliphatic rings. The van der Waals surface area contributed by atoms with E-state index in [-0.39, 0.29) is 6.42 Å². The van der Waals surface area contributed by atoms with Crippen LogP contribution in [0.4, 0.5) is 5.69 Å². The number of carbonyl (C=O) groups is 2. The lowest BCUT2D eigenvalue weighted by molar-refractivity contribution is -0.153. The van der Waals surface area contributed by atoms with Gasteiger partial charge in [-0.05, 0) is 45.7 Å². The monoisotopic (exact) mass is 394 g/mol. The Morgan fingerprint density at radius 3 is 2.59 bits per heavy atom. The lowest BCUT2D eigenvalue weighted by Gasteiger charge is -2.16. The fourth-order valence-electron chi connectivity index (χ4n) is 2.56. The molecule has 0 saturated heterocycles. The number of nitrogens with one attached hydrogen (secondary N) is 1. The lowest BCUT2D eigenvalue weighted by atomic mass is 10.1. The number of nitrogens with zero attached hydrogens (tertiary/aromatic N) is 1. The van der Waals surface area contributed by atoms with Gasteiger partial charge in [0.25, 0.3) is 5.91 Å². The molecule has 1 heterocycles. The SMILES string of the molecule is COc1cc(Cl)c(C)cc1NC(=O)[C@@H](C)OC(=O)CCc1c(C)noc1C. The van der Waals surface area contributed by atoms with Gasteiger partial charge < -0.3 is 19.3 Å². The predicted molar refractivity (Wildman–Crippen MR) is 101 cm³/mol. The van der Waals surface area contributed by atoms with Crippen molar-refractivity contribution in [3.05, 3.63) is 39.7 Å². The van der Waals surface area contributed by atoms with Gasteiger partial charge in [0.2, 0.25) is 0 Å². The first-order chi connectivity index (χ1) is 12.7. The minimum absolute atomic E-state index is 0.129. The number of hydrogen-bond donors (Lipinski definition) is 1. The van der Waals surface area contributed by atoms with Crippen LogP contribution < -0.4 is 10.1 Å². The summed E-state index contributed by atoms with van der Waals surface area (Å²) in [5.41, 5.74) is 2.88. The number of ether oxygens (including phenoxy) is 2. The van der Waals surface area contributed by atoms with Crippen LogP contribution in [0.1, 0.15) is 35.9 Å². The maximum atomic E-state index is 12.4. The zero-order valence-corrected chi connectivity index (χ0v) is 16.8. The van der Waals surface area contributed by atoms with E-state index in [4.69, 9.17) is 25.6 Å². The Kier molecular flexibility index (Phi) is 6.85. The Labute approximate surface area is 163 Å². The van der Waals surface area contributed by atoms with E-state index in [1.54, 1.807) is 19.1 Å². The number of rotatable bonds is 7. The number of methoxy groups -OCH3 is 1. The lowest BCUT2D eigenvalue weighted by Crippen LogP contribution is -2.30. The molecule has 0 aliphatic heterocycles. The minimum atomic E-state index is -0.956. The van der Waals surface area contributed by atoms with Crippen LogP contribution >= 0.6 is 11.6 Å². The number of aromatic nitrogens is 1. The summed E-state index contributed by atoms with van der Waals surface area (Å²) in [7, 11) is 1.48. The van der Waals surface area contributed by atoms with Crippen molar-refractivity contribution in [2.45, 2.75) is 46.6 Å². The zero-order valence-electron chi connectivity index (χ0n) is 16.0. The molecule has 0 radical (unpaired) electrons. The highest BCUT2D eigenvalue weighted by Crippen LogP contribution is 2.31. The molecule has 0 aliphatic carbocycles. The van der Waals surface area contributed by atoms with E-state index >= 15 is 0 Å². The third-order valence-electron chi connectivity index (χ3n) is 4.18.